The number of para-hydroxylation sites is 2. The van der Waals surface area contributed by atoms with Gasteiger partial charge in [0.1, 0.15) is 5.52 Å². The lowest BCUT2D eigenvalue weighted by Crippen LogP contribution is -2.09. The first-order valence-electron chi connectivity index (χ1n) is 11.0. The second-order valence-corrected chi connectivity index (χ2v) is 7.94. The van der Waals surface area contributed by atoms with Crippen LogP contribution in [-0.4, -0.2) is 26.2 Å². The van der Waals surface area contributed by atoms with E-state index < -0.39 is 0 Å². The molecule has 2 heterocycles. The van der Waals surface area contributed by atoms with Crippen molar-refractivity contribution in [2.24, 2.45) is 5.10 Å². The highest BCUT2D eigenvalue weighted by Crippen LogP contribution is 2.30. The molecule has 0 aliphatic heterocycles. The van der Waals surface area contributed by atoms with Crippen LogP contribution < -0.4 is 5.01 Å². The molecule has 6 nitrogen and oxygen atoms in total. The lowest BCUT2D eigenvalue weighted by Gasteiger charge is -2.19. The Hall–Kier alpha value is -4.45. The molecule has 0 aliphatic carbocycles. The average molecular weight is 431 g/mol. The molecule has 1 N–H and O–H groups in total. The minimum Gasteiger partial charge on any atom is -0.341 e. The Morgan fingerprint density at radius 2 is 1.67 bits per heavy atom. The number of H-pyrrole nitrogens is 1. The van der Waals surface area contributed by atoms with E-state index in [1.54, 1.807) is 0 Å². The summed E-state index contributed by atoms with van der Waals surface area (Å²) in [7, 11) is 0. The fourth-order valence-corrected chi connectivity index (χ4v) is 4.43. The molecular formula is C27H22N6. The number of rotatable bonds is 5. The molecule has 0 amide bonds. The number of hydrogen-bond acceptors (Lipinski definition) is 4. The molecule has 4 aromatic carbocycles. The fourth-order valence-electron chi connectivity index (χ4n) is 4.43. The molecule has 0 aliphatic rings. The third kappa shape index (κ3) is 3.32. The van der Waals surface area contributed by atoms with Crippen LogP contribution in [0.3, 0.4) is 0 Å². The normalized spacial score (nSPS) is 11.8. The number of aromatic amines is 1. The Morgan fingerprint density at radius 1 is 0.848 bits per heavy atom. The van der Waals surface area contributed by atoms with Gasteiger partial charge in [-0.2, -0.15) is 5.10 Å². The van der Waals surface area contributed by atoms with E-state index in [1.807, 2.05) is 59.8 Å². The van der Waals surface area contributed by atoms with E-state index in [2.05, 4.69) is 69.4 Å². The zero-order valence-electron chi connectivity index (χ0n) is 18.2. The van der Waals surface area contributed by atoms with Crippen molar-refractivity contribution >= 4 is 50.4 Å². The maximum atomic E-state index is 4.89. The minimum absolute atomic E-state index is 0.827. The van der Waals surface area contributed by atoms with Crippen LogP contribution in [0.15, 0.2) is 96.1 Å². The van der Waals surface area contributed by atoms with E-state index in [0.717, 1.165) is 34.5 Å². The van der Waals surface area contributed by atoms with Crippen LogP contribution >= 0.6 is 0 Å². The summed E-state index contributed by atoms with van der Waals surface area (Å²) >= 11 is 0. The van der Waals surface area contributed by atoms with E-state index in [4.69, 9.17) is 5.10 Å². The van der Waals surface area contributed by atoms with E-state index in [9.17, 15) is 0 Å². The molecule has 160 valence electrons. The van der Waals surface area contributed by atoms with Crippen LogP contribution in [0.1, 0.15) is 12.5 Å². The zero-order valence-corrected chi connectivity index (χ0v) is 18.2. The maximum Gasteiger partial charge on any atom is 0.113 e. The summed E-state index contributed by atoms with van der Waals surface area (Å²) in [6.07, 6.45) is 1.92. The molecule has 0 spiro atoms. The molecule has 6 rings (SSSR count). The van der Waals surface area contributed by atoms with Gasteiger partial charge in [-0.3, -0.25) is 5.10 Å². The highest BCUT2D eigenvalue weighted by atomic mass is 15.5. The van der Waals surface area contributed by atoms with Crippen LogP contribution in [0.4, 0.5) is 11.4 Å². The number of aromatic nitrogens is 4. The summed E-state index contributed by atoms with van der Waals surface area (Å²) < 4.78 is 2.36. The van der Waals surface area contributed by atoms with Gasteiger partial charge in [0.25, 0.3) is 0 Å². The van der Waals surface area contributed by atoms with Crippen LogP contribution in [0, 0.1) is 0 Å². The number of benzene rings is 4. The highest BCUT2D eigenvalue weighted by molar-refractivity contribution is 6.09. The monoisotopic (exact) mass is 430 g/mol. The summed E-state index contributed by atoms with van der Waals surface area (Å²) in [5, 5.41) is 20.2. The van der Waals surface area contributed by atoms with Gasteiger partial charge in [0, 0.05) is 28.4 Å². The third-order valence-electron chi connectivity index (χ3n) is 5.99. The Morgan fingerprint density at radius 3 is 2.55 bits per heavy atom. The Kier molecular flexibility index (Phi) is 4.61. The molecule has 0 atom stereocenters. The van der Waals surface area contributed by atoms with E-state index in [0.29, 0.717) is 0 Å². The van der Waals surface area contributed by atoms with Gasteiger partial charge in [-0.15, -0.1) is 5.10 Å². The summed E-state index contributed by atoms with van der Waals surface area (Å²) in [6.45, 7) is 3.12. The molecule has 0 saturated heterocycles. The summed E-state index contributed by atoms with van der Waals surface area (Å²) in [5.74, 6) is 0. The van der Waals surface area contributed by atoms with Gasteiger partial charge in [-0.1, -0.05) is 47.7 Å². The van der Waals surface area contributed by atoms with Crippen LogP contribution in [0.2, 0.25) is 0 Å². The lowest BCUT2D eigenvalue weighted by molar-refractivity contribution is 0.827. The van der Waals surface area contributed by atoms with Crippen molar-refractivity contribution in [2.45, 2.75) is 13.5 Å². The SMILES string of the molecule is CCn1c2ccccc2c2cc(/C=N\N(c3ccccc3)c3ccc4nn[nH]c4c3)ccc21. The Labute approximate surface area is 190 Å². The van der Waals surface area contributed by atoms with E-state index in [-0.39, 0.29) is 0 Å². The number of fused-ring (bicyclic) bond motifs is 4. The van der Waals surface area contributed by atoms with Crippen molar-refractivity contribution in [1.82, 2.24) is 20.0 Å². The van der Waals surface area contributed by atoms with Gasteiger partial charge in [-0.25, -0.2) is 5.01 Å². The quantitative estimate of drug-likeness (QED) is 0.259. The first-order valence-corrected chi connectivity index (χ1v) is 11.0. The molecular weight excluding hydrogens is 408 g/mol. The smallest absolute Gasteiger partial charge is 0.113 e. The van der Waals surface area contributed by atoms with Gasteiger partial charge in [0.15, 0.2) is 0 Å². The van der Waals surface area contributed by atoms with Crippen molar-refractivity contribution in [2.75, 3.05) is 5.01 Å². The van der Waals surface area contributed by atoms with Gasteiger partial charge in [-0.05, 0) is 61.0 Å². The summed E-state index contributed by atoms with van der Waals surface area (Å²) in [5.41, 5.74) is 7.16. The number of anilines is 2. The van der Waals surface area contributed by atoms with Gasteiger partial charge < -0.3 is 4.57 Å². The molecule has 2 aromatic heterocycles. The molecule has 6 heteroatoms. The summed E-state index contributed by atoms with van der Waals surface area (Å²) in [6, 6.07) is 31.2. The molecule has 33 heavy (non-hydrogen) atoms. The maximum absolute atomic E-state index is 4.89. The molecule has 0 fully saturated rings. The molecule has 0 bridgehead atoms. The van der Waals surface area contributed by atoms with E-state index in [1.165, 1.54) is 21.8 Å². The fraction of sp³-hybridized carbons (Fsp3) is 0.0741. The molecule has 6 aromatic rings. The summed E-state index contributed by atoms with van der Waals surface area (Å²) in [4.78, 5) is 0. The van der Waals surface area contributed by atoms with Crippen LogP contribution in [-0.2, 0) is 6.54 Å². The lowest BCUT2D eigenvalue weighted by atomic mass is 10.1. The largest absolute Gasteiger partial charge is 0.341 e. The standard InChI is InChI=1S/C27H22N6/c1-2-32-26-11-7-6-10-22(26)23-16-19(12-15-27(23)32)18-28-33(20-8-4-3-5-9-20)21-13-14-24-25(17-21)30-31-29-24/h3-18H,2H2,1H3,(H,29,30,31)/b28-18-. The predicted octanol–water partition coefficient (Wildman–Crippen LogP) is 6.26. The van der Waals surface area contributed by atoms with Crippen molar-refractivity contribution in [3.8, 4) is 0 Å². The van der Waals surface area contributed by atoms with Crippen molar-refractivity contribution in [3.63, 3.8) is 0 Å². The molecule has 0 radical (unpaired) electrons. The number of nitrogens with zero attached hydrogens (tertiary/aromatic N) is 5. The second-order valence-electron chi connectivity index (χ2n) is 7.94. The number of aryl methyl sites for hydroxylation is 1. The first-order chi connectivity index (χ1) is 16.3. The third-order valence-corrected chi connectivity index (χ3v) is 5.99. The first kappa shape index (κ1) is 19.3. The van der Waals surface area contributed by atoms with Crippen molar-refractivity contribution in [3.05, 3.63) is 96.6 Å². The highest BCUT2D eigenvalue weighted by Gasteiger charge is 2.11. The number of hydrogen-bond donors (Lipinski definition) is 1. The van der Waals surface area contributed by atoms with Crippen LogP contribution in [0.25, 0.3) is 32.8 Å². The van der Waals surface area contributed by atoms with Crippen molar-refractivity contribution in [1.29, 1.82) is 0 Å². The van der Waals surface area contributed by atoms with Gasteiger partial charge in [0.2, 0.25) is 0 Å². The van der Waals surface area contributed by atoms with Gasteiger partial charge in [0.05, 0.1) is 23.1 Å². The predicted molar refractivity (Wildman–Crippen MR) is 135 cm³/mol. The zero-order chi connectivity index (χ0) is 22.2. The molecule has 0 saturated carbocycles. The minimum atomic E-state index is 0.827. The second kappa shape index (κ2) is 7.91. The number of hydrazone groups is 1. The van der Waals surface area contributed by atoms with Gasteiger partial charge >= 0.3 is 0 Å². The average Bonchev–Trinajstić information content (AvgIpc) is 3.46. The van der Waals surface area contributed by atoms with E-state index >= 15 is 0 Å². The van der Waals surface area contributed by atoms with Crippen molar-refractivity contribution < 1.29 is 0 Å². The Bertz CT molecular complexity index is 1610. The Balaban J connectivity index is 1.45. The molecule has 0 unspecified atom stereocenters. The topological polar surface area (TPSA) is 62.1 Å². The van der Waals surface area contributed by atoms with Crippen LogP contribution in [0.5, 0.6) is 0 Å². The number of nitrogens with one attached hydrogen (secondary N) is 1.